The summed E-state index contributed by atoms with van der Waals surface area (Å²) in [5.41, 5.74) is 3.63. The van der Waals surface area contributed by atoms with Gasteiger partial charge in [0.05, 0.1) is 24.5 Å². The maximum Gasteiger partial charge on any atom is 0.338 e. The first-order valence-electron chi connectivity index (χ1n) is 12.4. The Hall–Kier alpha value is -4.30. The number of hydrogen-bond donors (Lipinski definition) is 1. The third kappa shape index (κ3) is 5.21. The molecule has 0 radical (unpaired) electrons. The highest BCUT2D eigenvalue weighted by Crippen LogP contribution is 2.41. The number of aromatic nitrogens is 3. The van der Waals surface area contributed by atoms with Gasteiger partial charge in [-0.05, 0) is 54.8 Å². The SMILES string of the molecule is CCOC(=O)C1=C(c2ccccc2)Nc2ncnn2[C@H]1c1ccc(OCc2ccc(Cl)cc2)c(OCC)c1. The summed E-state index contributed by atoms with van der Waals surface area (Å²) in [5, 5.41) is 8.38. The average molecular weight is 531 g/mol. The van der Waals surface area contributed by atoms with Gasteiger partial charge in [-0.15, -0.1) is 0 Å². The highest BCUT2D eigenvalue weighted by molar-refractivity contribution is 6.30. The van der Waals surface area contributed by atoms with Crippen LogP contribution >= 0.6 is 11.6 Å². The highest BCUT2D eigenvalue weighted by atomic mass is 35.5. The number of ether oxygens (including phenoxy) is 3. The number of carbonyl (C=O) groups is 1. The fourth-order valence-corrected chi connectivity index (χ4v) is 4.48. The fraction of sp³-hybridized carbons (Fsp3) is 0.207. The van der Waals surface area contributed by atoms with E-state index in [-0.39, 0.29) is 6.61 Å². The van der Waals surface area contributed by atoms with Crippen LogP contribution in [0.5, 0.6) is 11.5 Å². The van der Waals surface area contributed by atoms with Crippen LogP contribution in [0.1, 0.15) is 36.6 Å². The molecule has 1 atom stereocenters. The number of rotatable bonds is 9. The van der Waals surface area contributed by atoms with Crippen molar-refractivity contribution >= 4 is 29.2 Å². The molecular weight excluding hydrogens is 504 g/mol. The fourth-order valence-electron chi connectivity index (χ4n) is 4.35. The lowest BCUT2D eigenvalue weighted by molar-refractivity contribution is -0.138. The normalized spacial score (nSPS) is 14.4. The summed E-state index contributed by atoms with van der Waals surface area (Å²) in [6.45, 7) is 4.73. The molecule has 5 rings (SSSR count). The second-order valence-corrected chi connectivity index (χ2v) is 8.92. The van der Waals surface area contributed by atoms with Gasteiger partial charge in [0.1, 0.15) is 19.0 Å². The lowest BCUT2D eigenvalue weighted by atomic mass is 9.92. The minimum Gasteiger partial charge on any atom is -0.490 e. The predicted octanol–water partition coefficient (Wildman–Crippen LogP) is 5.90. The van der Waals surface area contributed by atoms with Crippen molar-refractivity contribution in [2.24, 2.45) is 0 Å². The van der Waals surface area contributed by atoms with E-state index in [2.05, 4.69) is 15.4 Å². The van der Waals surface area contributed by atoms with Crippen LogP contribution in [-0.2, 0) is 16.1 Å². The van der Waals surface area contributed by atoms with Crippen molar-refractivity contribution < 1.29 is 19.0 Å². The van der Waals surface area contributed by atoms with Gasteiger partial charge in [-0.25, -0.2) is 9.48 Å². The van der Waals surface area contributed by atoms with E-state index in [1.54, 1.807) is 11.6 Å². The first-order valence-corrected chi connectivity index (χ1v) is 12.7. The molecule has 38 heavy (non-hydrogen) atoms. The standard InChI is InChI=1S/C29H27ClN4O4/c1-3-36-24-16-21(12-15-23(24)38-17-19-10-13-22(30)14-11-19)27-25(28(35)37-4-2)26(20-8-6-5-7-9-20)33-29-31-18-32-34(27)29/h5-16,18,27H,3-4,17H2,1-2H3,(H,31,32,33)/t27-/m0/s1. The van der Waals surface area contributed by atoms with Crippen LogP contribution in [0, 0.1) is 0 Å². The number of fused-ring (bicyclic) bond motifs is 1. The summed E-state index contributed by atoms with van der Waals surface area (Å²) < 4.78 is 19.2. The zero-order valence-electron chi connectivity index (χ0n) is 21.1. The average Bonchev–Trinajstić information content (AvgIpc) is 3.41. The molecule has 0 spiro atoms. The molecule has 0 fully saturated rings. The molecule has 0 saturated carbocycles. The van der Waals surface area contributed by atoms with E-state index < -0.39 is 12.0 Å². The molecule has 2 heterocycles. The van der Waals surface area contributed by atoms with E-state index in [4.69, 9.17) is 25.8 Å². The zero-order chi connectivity index (χ0) is 26.5. The first-order chi connectivity index (χ1) is 18.6. The van der Waals surface area contributed by atoms with Crippen molar-refractivity contribution in [1.82, 2.24) is 14.8 Å². The van der Waals surface area contributed by atoms with Crippen LogP contribution in [0.3, 0.4) is 0 Å². The summed E-state index contributed by atoms with van der Waals surface area (Å²) in [7, 11) is 0. The van der Waals surface area contributed by atoms with Gasteiger partial charge in [-0.1, -0.05) is 60.1 Å². The van der Waals surface area contributed by atoms with E-state index >= 15 is 0 Å². The number of nitrogens with zero attached hydrogens (tertiary/aromatic N) is 3. The molecule has 0 aliphatic carbocycles. The number of anilines is 1. The summed E-state index contributed by atoms with van der Waals surface area (Å²) in [6.07, 6.45) is 1.46. The molecular formula is C29H27ClN4O4. The second-order valence-electron chi connectivity index (χ2n) is 8.49. The number of esters is 1. The Morgan fingerprint density at radius 3 is 2.50 bits per heavy atom. The second kappa shape index (κ2) is 11.4. The molecule has 0 unspecified atom stereocenters. The molecule has 8 nitrogen and oxygen atoms in total. The van der Waals surface area contributed by atoms with Crippen molar-refractivity contribution in [3.63, 3.8) is 0 Å². The summed E-state index contributed by atoms with van der Waals surface area (Å²) in [5.74, 6) is 1.22. The van der Waals surface area contributed by atoms with Gasteiger partial charge >= 0.3 is 5.97 Å². The van der Waals surface area contributed by atoms with Gasteiger partial charge in [-0.3, -0.25) is 0 Å². The summed E-state index contributed by atoms with van der Waals surface area (Å²) >= 11 is 6.00. The molecule has 0 amide bonds. The van der Waals surface area contributed by atoms with E-state index in [1.165, 1.54) is 6.33 Å². The van der Waals surface area contributed by atoms with Crippen LogP contribution in [0.15, 0.2) is 84.7 Å². The maximum absolute atomic E-state index is 13.4. The van der Waals surface area contributed by atoms with Gasteiger partial charge in [0, 0.05) is 5.02 Å². The van der Waals surface area contributed by atoms with Gasteiger partial charge in [0.25, 0.3) is 0 Å². The number of halogens is 1. The van der Waals surface area contributed by atoms with Gasteiger partial charge < -0.3 is 19.5 Å². The van der Waals surface area contributed by atoms with E-state index in [0.29, 0.717) is 47.0 Å². The first kappa shape index (κ1) is 25.4. The third-order valence-corrected chi connectivity index (χ3v) is 6.30. The highest BCUT2D eigenvalue weighted by Gasteiger charge is 2.36. The minimum atomic E-state index is -0.604. The predicted molar refractivity (Wildman–Crippen MR) is 145 cm³/mol. The molecule has 9 heteroatoms. The van der Waals surface area contributed by atoms with Gasteiger partial charge in [0.15, 0.2) is 11.5 Å². The number of hydrogen-bond acceptors (Lipinski definition) is 7. The van der Waals surface area contributed by atoms with Crippen molar-refractivity contribution in [3.8, 4) is 11.5 Å². The summed E-state index contributed by atoms with van der Waals surface area (Å²) in [6, 6.07) is 22.1. The number of nitrogens with one attached hydrogen (secondary N) is 1. The third-order valence-electron chi connectivity index (χ3n) is 6.05. The smallest absolute Gasteiger partial charge is 0.338 e. The van der Waals surface area contributed by atoms with E-state index in [0.717, 1.165) is 16.7 Å². The topological polar surface area (TPSA) is 87.5 Å². The molecule has 1 N–H and O–H groups in total. The minimum absolute atomic E-state index is 0.239. The largest absolute Gasteiger partial charge is 0.490 e. The maximum atomic E-state index is 13.4. The van der Waals surface area contributed by atoms with Crippen LogP contribution < -0.4 is 14.8 Å². The zero-order valence-corrected chi connectivity index (χ0v) is 21.8. The molecule has 1 aliphatic rings. The Bertz CT molecular complexity index is 1450. The molecule has 4 aromatic rings. The molecule has 0 bridgehead atoms. The molecule has 0 saturated heterocycles. The lowest BCUT2D eigenvalue weighted by Crippen LogP contribution is -2.30. The Morgan fingerprint density at radius 2 is 1.76 bits per heavy atom. The monoisotopic (exact) mass is 530 g/mol. The Morgan fingerprint density at radius 1 is 0.974 bits per heavy atom. The van der Waals surface area contributed by atoms with E-state index in [9.17, 15) is 4.79 Å². The lowest BCUT2D eigenvalue weighted by Gasteiger charge is -2.30. The van der Waals surface area contributed by atoms with Crippen LogP contribution in [0.25, 0.3) is 5.70 Å². The van der Waals surface area contributed by atoms with Crippen LogP contribution in [0.4, 0.5) is 5.95 Å². The van der Waals surface area contributed by atoms with Crippen molar-refractivity contribution in [2.75, 3.05) is 18.5 Å². The Balaban J connectivity index is 1.58. The van der Waals surface area contributed by atoms with Crippen LogP contribution in [-0.4, -0.2) is 33.9 Å². The Kier molecular flexibility index (Phi) is 7.60. The molecule has 194 valence electrons. The number of benzene rings is 3. The summed E-state index contributed by atoms with van der Waals surface area (Å²) in [4.78, 5) is 17.8. The van der Waals surface area contributed by atoms with Crippen molar-refractivity contribution in [2.45, 2.75) is 26.5 Å². The van der Waals surface area contributed by atoms with Crippen molar-refractivity contribution in [3.05, 3.63) is 106 Å². The molecule has 1 aromatic heterocycles. The van der Waals surface area contributed by atoms with Gasteiger partial charge in [0.2, 0.25) is 5.95 Å². The Labute approximate surface area is 225 Å². The van der Waals surface area contributed by atoms with E-state index in [1.807, 2.05) is 79.7 Å². The quantitative estimate of drug-likeness (QED) is 0.270. The van der Waals surface area contributed by atoms with Crippen LogP contribution in [0.2, 0.25) is 5.02 Å². The molecule has 1 aliphatic heterocycles. The van der Waals surface area contributed by atoms with Crippen molar-refractivity contribution in [1.29, 1.82) is 0 Å². The number of carbonyl (C=O) groups excluding carboxylic acids is 1. The van der Waals surface area contributed by atoms with Gasteiger partial charge in [-0.2, -0.15) is 10.1 Å². The molecule has 3 aromatic carbocycles.